The van der Waals surface area contributed by atoms with Crippen molar-refractivity contribution in [2.24, 2.45) is 5.92 Å². The fraction of sp³-hybridized carbons (Fsp3) is 0.556. The molecule has 1 heterocycles. The first-order chi connectivity index (χ1) is 12.4. The number of aliphatic carboxylic acids is 1. The van der Waals surface area contributed by atoms with Crippen LogP contribution in [0.4, 0.5) is 13.6 Å². The number of nitrogens with one attached hydrogen (secondary N) is 2. The van der Waals surface area contributed by atoms with Crippen LogP contribution in [0.2, 0.25) is 0 Å². The van der Waals surface area contributed by atoms with Crippen molar-refractivity contribution < 1.29 is 23.5 Å². The average Bonchev–Trinajstić information content (AvgIpc) is 3.42. The number of carbonyl (C=O) groups is 2. The summed E-state index contributed by atoms with van der Waals surface area (Å²) < 4.78 is 26.2. The van der Waals surface area contributed by atoms with E-state index >= 15 is 0 Å². The molecule has 1 atom stereocenters. The maximum atomic E-state index is 13.3. The van der Waals surface area contributed by atoms with Crippen molar-refractivity contribution in [1.29, 1.82) is 0 Å². The molecule has 0 spiro atoms. The van der Waals surface area contributed by atoms with Crippen LogP contribution in [-0.2, 0) is 11.3 Å². The zero-order valence-electron chi connectivity index (χ0n) is 14.4. The van der Waals surface area contributed by atoms with E-state index in [1.165, 1.54) is 6.07 Å². The molecule has 26 heavy (non-hydrogen) atoms. The molecule has 3 rings (SSSR count). The smallest absolute Gasteiger partial charge is 0.326 e. The van der Waals surface area contributed by atoms with Crippen molar-refractivity contribution in [3.63, 3.8) is 0 Å². The van der Waals surface area contributed by atoms with Gasteiger partial charge in [-0.3, -0.25) is 4.90 Å². The van der Waals surface area contributed by atoms with Crippen molar-refractivity contribution in [1.82, 2.24) is 15.5 Å². The predicted octanol–water partition coefficient (Wildman–Crippen LogP) is 2.09. The van der Waals surface area contributed by atoms with Crippen molar-refractivity contribution in [2.75, 3.05) is 13.1 Å². The minimum absolute atomic E-state index is 0.0233. The highest BCUT2D eigenvalue weighted by Gasteiger charge is 2.37. The summed E-state index contributed by atoms with van der Waals surface area (Å²) in [6.07, 6.45) is 3.11. The molecule has 1 saturated heterocycles. The van der Waals surface area contributed by atoms with Crippen molar-refractivity contribution in [3.8, 4) is 0 Å². The normalized spacial score (nSPS) is 19.8. The van der Waals surface area contributed by atoms with E-state index in [0.29, 0.717) is 12.1 Å². The SMILES string of the molecule is O=C(NC1CCN(Cc2ccc(F)c(F)c2)CC1)NC(C(=O)O)C1CC1. The summed E-state index contributed by atoms with van der Waals surface area (Å²) in [5.74, 6) is -2.66. The second-order valence-corrected chi connectivity index (χ2v) is 7.07. The van der Waals surface area contributed by atoms with Gasteiger partial charge in [-0.15, -0.1) is 0 Å². The molecule has 0 aromatic heterocycles. The first-order valence-electron chi connectivity index (χ1n) is 8.88. The number of carboxylic acid groups (broad SMARTS) is 1. The van der Waals surface area contributed by atoms with Crippen LogP contribution in [0, 0.1) is 17.6 Å². The molecule has 1 aliphatic heterocycles. The van der Waals surface area contributed by atoms with Crippen LogP contribution in [0.3, 0.4) is 0 Å². The minimum atomic E-state index is -0.996. The van der Waals surface area contributed by atoms with Gasteiger partial charge in [0.25, 0.3) is 0 Å². The van der Waals surface area contributed by atoms with Gasteiger partial charge in [0.1, 0.15) is 6.04 Å². The third-order valence-electron chi connectivity index (χ3n) is 4.96. The lowest BCUT2D eigenvalue weighted by molar-refractivity contribution is -0.139. The van der Waals surface area contributed by atoms with Gasteiger partial charge in [-0.1, -0.05) is 6.07 Å². The van der Waals surface area contributed by atoms with E-state index in [-0.39, 0.29) is 12.0 Å². The Morgan fingerprint density at radius 1 is 1.15 bits per heavy atom. The maximum absolute atomic E-state index is 13.3. The largest absolute Gasteiger partial charge is 0.480 e. The molecule has 1 aromatic carbocycles. The number of likely N-dealkylation sites (tertiary alicyclic amines) is 1. The second kappa shape index (κ2) is 7.99. The Morgan fingerprint density at radius 2 is 1.85 bits per heavy atom. The number of carbonyl (C=O) groups excluding carboxylic acids is 1. The first-order valence-corrected chi connectivity index (χ1v) is 8.88. The van der Waals surface area contributed by atoms with Crippen LogP contribution in [-0.4, -0.2) is 47.2 Å². The fourth-order valence-corrected chi connectivity index (χ4v) is 3.31. The number of amides is 2. The first kappa shape index (κ1) is 18.6. The highest BCUT2D eigenvalue weighted by atomic mass is 19.2. The molecule has 0 bridgehead atoms. The standard InChI is InChI=1S/C18H23F2N3O3/c19-14-4-1-11(9-15(14)20)10-23-7-5-13(6-8-23)21-18(26)22-16(17(24)25)12-2-3-12/h1,4,9,12-13,16H,2-3,5-8,10H2,(H,24,25)(H2,21,22,26). The van der Waals surface area contributed by atoms with E-state index in [9.17, 15) is 18.4 Å². The Bertz CT molecular complexity index is 674. The van der Waals surface area contributed by atoms with Crippen molar-refractivity contribution in [2.45, 2.75) is 44.3 Å². The number of piperidine rings is 1. The third kappa shape index (κ3) is 4.91. The molecule has 2 aliphatic rings. The average molecular weight is 367 g/mol. The number of nitrogens with zero attached hydrogens (tertiary/aromatic N) is 1. The molecule has 142 valence electrons. The van der Waals surface area contributed by atoms with Gasteiger partial charge in [0.05, 0.1) is 0 Å². The number of hydrogen-bond acceptors (Lipinski definition) is 3. The summed E-state index contributed by atoms with van der Waals surface area (Å²) >= 11 is 0. The summed E-state index contributed by atoms with van der Waals surface area (Å²) in [5.41, 5.74) is 0.710. The Kier molecular flexibility index (Phi) is 5.70. The number of halogens is 2. The molecule has 1 aliphatic carbocycles. The van der Waals surface area contributed by atoms with Gasteiger partial charge in [-0.2, -0.15) is 0 Å². The molecule has 1 unspecified atom stereocenters. The Labute approximate surface area is 150 Å². The zero-order chi connectivity index (χ0) is 18.7. The summed E-state index contributed by atoms with van der Waals surface area (Å²) in [4.78, 5) is 25.3. The molecule has 1 aromatic rings. The third-order valence-corrected chi connectivity index (χ3v) is 4.96. The number of benzene rings is 1. The summed E-state index contributed by atoms with van der Waals surface area (Å²) in [5, 5.41) is 14.5. The fourth-order valence-electron chi connectivity index (χ4n) is 3.31. The number of carboxylic acids is 1. The van der Waals surface area contributed by atoms with Gasteiger partial charge in [0.2, 0.25) is 0 Å². The topological polar surface area (TPSA) is 81.7 Å². The molecule has 2 amide bonds. The van der Waals surface area contributed by atoms with Crippen LogP contribution in [0.5, 0.6) is 0 Å². The van der Waals surface area contributed by atoms with Crippen LogP contribution in [0.25, 0.3) is 0 Å². The zero-order valence-corrected chi connectivity index (χ0v) is 14.4. The number of urea groups is 1. The number of rotatable bonds is 6. The van der Waals surface area contributed by atoms with E-state index in [1.807, 2.05) is 0 Å². The Hall–Kier alpha value is -2.22. The van der Waals surface area contributed by atoms with Crippen LogP contribution >= 0.6 is 0 Å². The van der Waals surface area contributed by atoms with Gasteiger partial charge in [-0.25, -0.2) is 18.4 Å². The maximum Gasteiger partial charge on any atom is 0.326 e. The van der Waals surface area contributed by atoms with Gasteiger partial charge >= 0.3 is 12.0 Å². The summed E-state index contributed by atoms with van der Waals surface area (Å²) in [6, 6.07) is 2.62. The van der Waals surface area contributed by atoms with Crippen molar-refractivity contribution in [3.05, 3.63) is 35.4 Å². The van der Waals surface area contributed by atoms with Gasteiger partial charge < -0.3 is 15.7 Å². The van der Waals surface area contributed by atoms with Crippen LogP contribution < -0.4 is 10.6 Å². The van der Waals surface area contributed by atoms with Crippen molar-refractivity contribution >= 4 is 12.0 Å². The van der Waals surface area contributed by atoms with Gasteiger partial charge in [-0.05, 0) is 49.3 Å². The van der Waals surface area contributed by atoms with E-state index in [2.05, 4.69) is 15.5 Å². The minimum Gasteiger partial charge on any atom is -0.480 e. The molecule has 0 radical (unpaired) electrons. The second-order valence-electron chi connectivity index (χ2n) is 7.07. The highest BCUT2D eigenvalue weighted by Crippen LogP contribution is 2.32. The van der Waals surface area contributed by atoms with Gasteiger partial charge in [0, 0.05) is 25.7 Å². The summed E-state index contributed by atoms with van der Waals surface area (Å²) in [6.45, 7) is 1.96. The Morgan fingerprint density at radius 3 is 2.42 bits per heavy atom. The van der Waals surface area contributed by atoms with E-state index in [4.69, 9.17) is 5.11 Å². The highest BCUT2D eigenvalue weighted by molar-refractivity contribution is 5.83. The molecule has 8 heteroatoms. The van der Waals surface area contributed by atoms with E-state index in [0.717, 1.165) is 44.8 Å². The molecule has 3 N–H and O–H groups in total. The summed E-state index contributed by atoms with van der Waals surface area (Å²) in [7, 11) is 0. The lowest BCUT2D eigenvalue weighted by atomic mass is 10.0. The lowest BCUT2D eigenvalue weighted by Crippen LogP contribution is -2.52. The van der Waals surface area contributed by atoms with Gasteiger partial charge in [0.15, 0.2) is 11.6 Å². The molecule has 1 saturated carbocycles. The molecule has 2 fully saturated rings. The quantitative estimate of drug-likeness (QED) is 0.719. The van der Waals surface area contributed by atoms with Crippen LogP contribution in [0.15, 0.2) is 18.2 Å². The van der Waals surface area contributed by atoms with E-state index < -0.39 is 29.7 Å². The number of hydrogen-bond donors (Lipinski definition) is 3. The molecular weight excluding hydrogens is 344 g/mol. The Balaban J connectivity index is 1.42. The van der Waals surface area contributed by atoms with Crippen LogP contribution in [0.1, 0.15) is 31.2 Å². The lowest BCUT2D eigenvalue weighted by Gasteiger charge is -2.32. The van der Waals surface area contributed by atoms with E-state index in [1.54, 1.807) is 6.07 Å². The monoisotopic (exact) mass is 367 g/mol. The molecule has 6 nitrogen and oxygen atoms in total. The molecular formula is C18H23F2N3O3. The predicted molar refractivity (Wildman–Crippen MR) is 90.5 cm³/mol.